The molecule has 24 heavy (non-hydrogen) atoms. The largest absolute Gasteiger partial charge is 0.481 e. The van der Waals surface area contributed by atoms with Gasteiger partial charge in [0.25, 0.3) is 0 Å². The number of nitriles is 1. The number of carboxylic acids is 1. The first-order valence-corrected chi connectivity index (χ1v) is 8.40. The first kappa shape index (κ1) is 16.7. The maximum absolute atomic E-state index is 12.8. The van der Waals surface area contributed by atoms with Gasteiger partial charge in [-0.2, -0.15) is 5.26 Å². The molecule has 5 nitrogen and oxygen atoms in total. The van der Waals surface area contributed by atoms with E-state index >= 15 is 0 Å². The van der Waals surface area contributed by atoms with Crippen LogP contribution < -0.4 is 5.73 Å². The smallest absolute Gasteiger partial charge is 0.307 e. The van der Waals surface area contributed by atoms with Crippen LogP contribution in [0.3, 0.4) is 0 Å². The average molecular weight is 326 g/mol. The van der Waals surface area contributed by atoms with Crippen LogP contribution in [0.5, 0.6) is 0 Å². The number of carbonyl (C=O) groups excluding carboxylic acids is 1. The second-order valence-electron chi connectivity index (χ2n) is 6.99. The Morgan fingerprint density at radius 3 is 2.54 bits per heavy atom. The predicted octanol–water partition coefficient (Wildman–Crippen LogP) is 2.01. The van der Waals surface area contributed by atoms with Gasteiger partial charge < -0.3 is 10.8 Å². The molecule has 0 radical (unpaired) electrons. The fourth-order valence-electron chi connectivity index (χ4n) is 5.46. The molecular weight excluding hydrogens is 304 g/mol. The zero-order valence-electron chi connectivity index (χ0n) is 13.7. The van der Waals surface area contributed by atoms with Crippen molar-refractivity contribution in [1.29, 1.82) is 5.26 Å². The zero-order chi connectivity index (χ0) is 17.5. The van der Waals surface area contributed by atoms with E-state index in [0.717, 1.165) is 5.56 Å². The third-order valence-corrected chi connectivity index (χ3v) is 6.37. The van der Waals surface area contributed by atoms with E-state index in [1.165, 1.54) is 0 Å². The van der Waals surface area contributed by atoms with E-state index in [4.69, 9.17) is 5.73 Å². The van der Waals surface area contributed by atoms with Crippen molar-refractivity contribution in [2.75, 3.05) is 6.54 Å². The third-order valence-electron chi connectivity index (χ3n) is 6.37. The van der Waals surface area contributed by atoms with Crippen LogP contribution in [0.1, 0.15) is 25.3 Å². The molecule has 0 aliphatic heterocycles. The fourth-order valence-corrected chi connectivity index (χ4v) is 5.46. The number of aliphatic carboxylic acids is 1. The van der Waals surface area contributed by atoms with Crippen LogP contribution in [-0.2, 0) is 16.0 Å². The van der Waals surface area contributed by atoms with Crippen molar-refractivity contribution in [1.82, 2.24) is 0 Å². The van der Waals surface area contributed by atoms with Gasteiger partial charge in [0.1, 0.15) is 5.41 Å². The lowest BCUT2D eigenvalue weighted by molar-refractivity contribution is -0.142. The molecule has 2 aliphatic carbocycles. The van der Waals surface area contributed by atoms with Crippen molar-refractivity contribution in [3.8, 4) is 6.07 Å². The van der Waals surface area contributed by atoms with Gasteiger partial charge in [-0.25, -0.2) is 0 Å². The number of Topliss-reactive ketones (excluding diaryl/α,β-unsaturated/α-hetero) is 1. The molecule has 3 N–H and O–H groups in total. The van der Waals surface area contributed by atoms with Gasteiger partial charge in [0.05, 0.1) is 18.5 Å². The first-order chi connectivity index (χ1) is 11.5. The van der Waals surface area contributed by atoms with Crippen molar-refractivity contribution < 1.29 is 14.7 Å². The molecule has 5 heteroatoms. The quantitative estimate of drug-likeness (QED) is 0.832. The summed E-state index contributed by atoms with van der Waals surface area (Å²) < 4.78 is 0. The summed E-state index contributed by atoms with van der Waals surface area (Å²) in [6.07, 6.45) is 1.71. The third kappa shape index (κ3) is 1.90. The van der Waals surface area contributed by atoms with E-state index in [0.29, 0.717) is 19.3 Å². The van der Waals surface area contributed by atoms with E-state index in [-0.39, 0.29) is 24.2 Å². The summed E-state index contributed by atoms with van der Waals surface area (Å²) in [6, 6.07) is 12.0. The highest BCUT2D eigenvalue weighted by molar-refractivity contribution is 5.94. The Labute approximate surface area is 141 Å². The standard InChI is InChI=1S/C19H22N2O3/c1-2-18-14(16(18)17(23)24)9-13(8-12-6-4-3-5-7-12)19(18,11-21)15(22)10-20/h3-7,13-14,16H,2,8-10,20H2,1H3,(H,23,24). The number of nitrogens with zero attached hydrogens (tertiary/aromatic N) is 1. The van der Waals surface area contributed by atoms with Crippen LogP contribution in [0.15, 0.2) is 30.3 Å². The summed E-state index contributed by atoms with van der Waals surface area (Å²) in [5.41, 5.74) is 4.65. The van der Waals surface area contributed by atoms with Crippen LogP contribution in [0, 0.1) is 39.9 Å². The molecule has 3 rings (SSSR count). The Balaban J connectivity index is 2.05. The molecule has 1 aromatic rings. The normalized spacial score (nSPS) is 36.6. The van der Waals surface area contributed by atoms with Gasteiger partial charge in [0.15, 0.2) is 5.78 Å². The molecule has 2 aliphatic rings. The second kappa shape index (κ2) is 5.71. The Kier molecular flexibility index (Phi) is 3.97. The van der Waals surface area contributed by atoms with Gasteiger partial charge in [0, 0.05) is 5.41 Å². The minimum absolute atomic E-state index is 0.108. The first-order valence-electron chi connectivity index (χ1n) is 8.40. The van der Waals surface area contributed by atoms with E-state index in [1.807, 2.05) is 37.3 Å². The van der Waals surface area contributed by atoms with Crippen molar-refractivity contribution in [2.45, 2.75) is 26.2 Å². The lowest BCUT2D eigenvalue weighted by atomic mass is 9.62. The number of rotatable bonds is 6. The highest BCUT2D eigenvalue weighted by atomic mass is 16.4. The van der Waals surface area contributed by atoms with Crippen LogP contribution in [0.4, 0.5) is 0 Å². The topological polar surface area (TPSA) is 104 Å². The number of ketones is 1. The number of fused-ring (bicyclic) bond motifs is 1. The predicted molar refractivity (Wildman–Crippen MR) is 87.7 cm³/mol. The van der Waals surface area contributed by atoms with Crippen LogP contribution in [0.2, 0.25) is 0 Å². The molecule has 0 heterocycles. The number of hydrogen-bond donors (Lipinski definition) is 2. The van der Waals surface area contributed by atoms with Crippen LogP contribution >= 0.6 is 0 Å². The summed E-state index contributed by atoms with van der Waals surface area (Å²) in [4.78, 5) is 24.5. The van der Waals surface area contributed by atoms with E-state index in [2.05, 4.69) is 6.07 Å². The molecule has 2 fully saturated rings. The Bertz CT molecular complexity index is 711. The molecule has 5 unspecified atom stereocenters. The average Bonchev–Trinajstić information content (AvgIpc) is 3.17. The minimum atomic E-state index is -1.29. The number of hydrogen-bond acceptors (Lipinski definition) is 4. The molecule has 0 aromatic heterocycles. The van der Waals surface area contributed by atoms with Crippen molar-refractivity contribution in [3.05, 3.63) is 35.9 Å². The van der Waals surface area contributed by atoms with Crippen molar-refractivity contribution >= 4 is 11.8 Å². The summed E-state index contributed by atoms with van der Waals surface area (Å²) in [7, 11) is 0. The van der Waals surface area contributed by atoms with Crippen molar-refractivity contribution in [2.24, 2.45) is 34.3 Å². The Hall–Kier alpha value is -2.19. The number of carboxylic acid groups (broad SMARTS) is 1. The number of carbonyl (C=O) groups is 2. The SMILES string of the molecule is CCC12C(CC(Cc3ccccc3)C1(C#N)C(=O)CN)C2C(=O)O. The Morgan fingerprint density at radius 1 is 1.38 bits per heavy atom. The fraction of sp³-hybridized carbons (Fsp3) is 0.526. The van der Waals surface area contributed by atoms with Gasteiger partial charge in [-0.1, -0.05) is 37.3 Å². The Morgan fingerprint density at radius 2 is 2.04 bits per heavy atom. The lowest BCUT2D eigenvalue weighted by Crippen LogP contribution is -2.48. The van der Waals surface area contributed by atoms with Gasteiger partial charge in [-0.15, -0.1) is 0 Å². The summed E-state index contributed by atoms with van der Waals surface area (Å²) in [6.45, 7) is 1.66. The van der Waals surface area contributed by atoms with Crippen molar-refractivity contribution in [3.63, 3.8) is 0 Å². The molecule has 126 valence electrons. The van der Waals surface area contributed by atoms with Gasteiger partial charge in [-0.05, 0) is 36.7 Å². The minimum Gasteiger partial charge on any atom is -0.481 e. The van der Waals surface area contributed by atoms with E-state index in [1.54, 1.807) is 0 Å². The summed E-state index contributed by atoms with van der Waals surface area (Å²) in [5.74, 6) is -2.10. The van der Waals surface area contributed by atoms with Gasteiger partial charge in [-0.3, -0.25) is 9.59 Å². The molecule has 5 atom stereocenters. The molecule has 2 saturated carbocycles. The second-order valence-corrected chi connectivity index (χ2v) is 6.99. The molecular formula is C19H22N2O3. The van der Waals surface area contributed by atoms with E-state index < -0.39 is 22.7 Å². The summed E-state index contributed by atoms with van der Waals surface area (Å²) in [5, 5.41) is 19.6. The number of benzene rings is 1. The monoisotopic (exact) mass is 326 g/mol. The molecule has 0 saturated heterocycles. The van der Waals surface area contributed by atoms with E-state index in [9.17, 15) is 20.0 Å². The summed E-state index contributed by atoms with van der Waals surface area (Å²) >= 11 is 0. The van der Waals surface area contributed by atoms with Gasteiger partial charge >= 0.3 is 5.97 Å². The zero-order valence-corrected chi connectivity index (χ0v) is 13.7. The molecule has 0 amide bonds. The van der Waals surface area contributed by atoms with Gasteiger partial charge in [0.2, 0.25) is 0 Å². The maximum Gasteiger partial charge on any atom is 0.307 e. The highest BCUT2D eigenvalue weighted by Gasteiger charge is 2.83. The maximum atomic E-state index is 12.8. The number of nitrogens with two attached hydrogens (primary N) is 1. The van der Waals surface area contributed by atoms with Crippen LogP contribution in [0.25, 0.3) is 0 Å². The molecule has 0 bridgehead atoms. The molecule has 0 spiro atoms. The lowest BCUT2D eigenvalue weighted by Gasteiger charge is -2.37. The van der Waals surface area contributed by atoms with Crippen LogP contribution in [-0.4, -0.2) is 23.4 Å². The highest BCUT2D eigenvalue weighted by Crippen LogP contribution is 2.79. The molecule has 1 aromatic carbocycles.